The Morgan fingerprint density at radius 3 is 2.79 bits per heavy atom. The smallest absolute Gasteiger partial charge is 0.308 e. The maximum absolute atomic E-state index is 11.4. The number of aliphatic carboxylic acids is 1. The Labute approximate surface area is 83.9 Å². The first-order valence-corrected chi connectivity index (χ1v) is 5.01. The van der Waals surface area contributed by atoms with Crippen molar-refractivity contribution in [2.45, 2.75) is 26.7 Å². The summed E-state index contributed by atoms with van der Waals surface area (Å²) in [6.07, 6.45) is 0.868. The van der Waals surface area contributed by atoms with E-state index in [0.29, 0.717) is 31.8 Å². The normalized spacial score (nSPS) is 22.9. The molecular weight excluding hydrogens is 182 g/mol. The third kappa shape index (κ3) is 2.72. The number of rotatable bonds is 3. The van der Waals surface area contributed by atoms with E-state index >= 15 is 0 Å². The van der Waals surface area contributed by atoms with Crippen molar-refractivity contribution in [2.24, 2.45) is 11.8 Å². The van der Waals surface area contributed by atoms with E-state index < -0.39 is 5.97 Å². The van der Waals surface area contributed by atoms with Crippen molar-refractivity contribution in [3.63, 3.8) is 0 Å². The van der Waals surface area contributed by atoms with E-state index in [1.54, 1.807) is 4.90 Å². The van der Waals surface area contributed by atoms with Crippen LogP contribution >= 0.6 is 0 Å². The number of hydrogen-bond acceptors (Lipinski definition) is 2. The first kappa shape index (κ1) is 11.0. The fourth-order valence-electron chi connectivity index (χ4n) is 1.73. The summed E-state index contributed by atoms with van der Waals surface area (Å²) in [6, 6.07) is 0. The molecule has 80 valence electrons. The van der Waals surface area contributed by atoms with E-state index in [4.69, 9.17) is 5.11 Å². The lowest BCUT2D eigenvalue weighted by Gasteiger charge is -2.31. The van der Waals surface area contributed by atoms with Crippen molar-refractivity contribution in [2.75, 3.05) is 13.1 Å². The zero-order chi connectivity index (χ0) is 10.7. The van der Waals surface area contributed by atoms with Gasteiger partial charge in [0, 0.05) is 19.5 Å². The first-order chi connectivity index (χ1) is 6.50. The number of carboxylic acids is 1. The van der Waals surface area contributed by atoms with Crippen LogP contribution in [-0.4, -0.2) is 35.0 Å². The van der Waals surface area contributed by atoms with Crippen LogP contribution < -0.4 is 0 Å². The molecule has 1 fully saturated rings. The zero-order valence-electron chi connectivity index (χ0n) is 8.69. The summed E-state index contributed by atoms with van der Waals surface area (Å²) >= 11 is 0. The van der Waals surface area contributed by atoms with Crippen molar-refractivity contribution in [1.29, 1.82) is 0 Å². The Morgan fingerprint density at radius 2 is 2.29 bits per heavy atom. The number of piperidine rings is 1. The van der Waals surface area contributed by atoms with Gasteiger partial charge in [0.1, 0.15) is 0 Å². The molecule has 4 nitrogen and oxygen atoms in total. The fourth-order valence-corrected chi connectivity index (χ4v) is 1.73. The summed E-state index contributed by atoms with van der Waals surface area (Å²) in [6.45, 7) is 5.10. The maximum Gasteiger partial charge on any atom is 0.308 e. The minimum Gasteiger partial charge on any atom is -0.481 e. The highest BCUT2D eigenvalue weighted by Gasteiger charge is 2.29. The predicted octanol–water partition coefficient (Wildman–Crippen LogP) is 0.966. The molecule has 1 rings (SSSR count). The lowest BCUT2D eigenvalue weighted by Crippen LogP contribution is -2.44. The number of nitrogens with zero attached hydrogens (tertiary/aromatic N) is 1. The van der Waals surface area contributed by atoms with Crippen LogP contribution in [0.5, 0.6) is 0 Å². The predicted molar refractivity (Wildman–Crippen MR) is 51.8 cm³/mol. The first-order valence-electron chi connectivity index (χ1n) is 5.01. The Hall–Kier alpha value is -1.06. The molecule has 0 radical (unpaired) electrons. The molecule has 1 unspecified atom stereocenters. The van der Waals surface area contributed by atoms with E-state index in [1.807, 2.05) is 13.8 Å². The summed E-state index contributed by atoms with van der Waals surface area (Å²) in [5.41, 5.74) is 0. The third-order valence-electron chi connectivity index (χ3n) is 2.43. The second-order valence-electron chi connectivity index (χ2n) is 4.27. The molecule has 1 N–H and O–H groups in total. The largest absolute Gasteiger partial charge is 0.481 e. The van der Waals surface area contributed by atoms with Gasteiger partial charge in [0.05, 0.1) is 5.92 Å². The van der Waals surface area contributed by atoms with Gasteiger partial charge in [-0.1, -0.05) is 13.8 Å². The number of amides is 1. The van der Waals surface area contributed by atoms with Crippen LogP contribution in [0.15, 0.2) is 0 Å². The molecular formula is C10H17NO3. The number of likely N-dealkylation sites (tertiary alicyclic amines) is 1. The van der Waals surface area contributed by atoms with Crippen LogP contribution in [0, 0.1) is 11.8 Å². The third-order valence-corrected chi connectivity index (χ3v) is 2.43. The van der Waals surface area contributed by atoms with Crippen molar-refractivity contribution in [1.82, 2.24) is 4.90 Å². The quantitative estimate of drug-likeness (QED) is 0.736. The van der Waals surface area contributed by atoms with Crippen molar-refractivity contribution in [3.8, 4) is 0 Å². The molecule has 0 aromatic carbocycles. The molecule has 1 heterocycles. The molecule has 0 aromatic rings. The minimum atomic E-state index is -0.786. The van der Waals surface area contributed by atoms with Gasteiger partial charge in [0.25, 0.3) is 0 Å². The molecule has 0 aromatic heterocycles. The molecule has 14 heavy (non-hydrogen) atoms. The fraction of sp³-hybridized carbons (Fsp3) is 0.800. The van der Waals surface area contributed by atoms with Gasteiger partial charge in [-0.2, -0.15) is 0 Å². The molecule has 1 aliphatic rings. The molecule has 0 aliphatic carbocycles. The number of hydrogen-bond donors (Lipinski definition) is 1. The van der Waals surface area contributed by atoms with Gasteiger partial charge in [0.15, 0.2) is 0 Å². The summed E-state index contributed by atoms with van der Waals surface area (Å²) < 4.78 is 0. The molecule has 4 heteroatoms. The average Bonchev–Trinajstić information content (AvgIpc) is 2.07. The Balaban J connectivity index is 2.55. The second-order valence-corrected chi connectivity index (χ2v) is 4.27. The van der Waals surface area contributed by atoms with Crippen LogP contribution in [0.4, 0.5) is 0 Å². The topological polar surface area (TPSA) is 57.6 Å². The summed E-state index contributed by atoms with van der Waals surface area (Å²) in [7, 11) is 0. The Bertz CT molecular complexity index is 238. The van der Waals surface area contributed by atoms with Crippen LogP contribution in [-0.2, 0) is 9.59 Å². The van der Waals surface area contributed by atoms with E-state index in [0.717, 1.165) is 0 Å². The van der Waals surface area contributed by atoms with Crippen LogP contribution in [0.1, 0.15) is 26.7 Å². The van der Waals surface area contributed by atoms with E-state index in [2.05, 4.69) is 0 Å². The molecule has 1 aliphatic heterocycles. The molecule has 1 amide bonds. The van der Waals surface area contributed by atoms with Crippen molar-refractivity contribution in [3.05, 3.63) is 0 Å². The monoisotopic (exact) mass is 199 g/mol. The van der Waals surface area contributed by atoms with E-state index in [-0.39, 0.29) is 11.8 Å². The highest BCUT2D eigenvalue weighted by Crippen LogP contribution is 2.18. The van der Waals surface area contributed by atoms with Gasteiger partial charge >= 0.3 is 5.97 Å². The molecule has 0 spiro atoms. The number of carboxylic acid groups (broad SMARTS) is 1. The van der Waals surface area contributed by atoms with Crippen LogP contribution in [0.3, 0.4) is 0 Å². The second kappa shape index (κ2) is 4.44. The number of carbonyl (C=O) groups is 2. The summed E-state index contributed by atoms with van der Waals surface area (Å²) in [5.74, 6) is -0.666. The van der Waals surface area contributed by atoms with Gasteiger partial charge in [-0.15, -0.1) is 0 Å². The van der Waals surface area contributed by atoms with Gasteiger partial charge in [-0.05, 0) is 12.3 Å². The molecule has 1 saturated heterocycles. The number of carbonyl (C=O) groups excluding carboxylic acids is 1. The highest BCUT2D eigenvalue weighted by atomic mass is 16.4. The van der Waals surface area contributed by atoms with Crippen LogP contribution in [0.2, 0.25) is 0 Å². The van der Waals surface area contributed by atoms with Gasteiger partial charge in [-0.25, -0.2) is 0 Å². The SMILES string of the molecule is CC(C)CN1CC(C(=O)O)CCC1=O. The lowest BCUT2D eigenvalue weighted by molar-refractivity contribution is -0.147. The van der Waals surface area contributed by atoms with Gasteiger partial charge in [-0.3, -0.25) is 9.59 Å². The van der Waals surface area contributed by atoms with Crippen molar-refractivity contribution < 1.29 is 14.7 Å². The van der Waals surface area contributed by atoms with Gasteiger partial charge in [0.2, 0.25) is 5.91 Å². The zero-order valence-corrected chi connectivity index (χ0v) is 8.69. The summed E-state index contributed by atoms with van der Waals surface area (Å²) in [4.78, 5) is 23.9. The molecule has 1 atom stereocenters. The highest BCUT2D eigenvalue weighted by molar-refractivity contribution is 5.80. The Kier molecular flexibility index (Phi) is 3.49. The van der Waals surface area contributed by atoms with E-state index in [9.17, 15) is 9.59 Å². The minimum absolute atomic E-state index is 0.0937. The van der Waals surface area contributed by atoms with Gasteiger partial charge < -0.3 is 10.0 Å². The van der Waals surface area contributed by atoms with Crippen molar-refractivity contribution >= 4 is 11.9 Å². The molecule has 0 bridgehead atoms. The molecule has 0 saturated carbocycles. The Morgan fingerprint density at radius 1 is 1.64 bits per heavy atom. The lowest BCUT2D eigenvalue weighted by atomic mass is 9.97. The van der Waals surface area contributed by atoms with Crippen LogP contribution in [0.25, 0.3) is 0 Å². The average molecular weight is 199 g/mol. The van der Waals surface area contributed by atoms with E-state index in [1.165, 1.54) is 0 Å². The summed E-state index contributed by atoms with van der Waals surface area (Å²) in [5, 5.41) is 8.84. The standard InChI is InChI=1S/C10H17NO3/c1-7(2)5-11-6-8(10(13)14)3-4-9(11)12/h7-8H,3-6H2,1-2H3,(H,13,14). The maximum atomic E-state index is 11.4.